The number of thioether (sulfide) groups is 1. The topological polar surface area (TPSA) is 12.5 Å². The molecule has 0 amide bonds. The zero-order chi connectivity index (χ0) is 15.8. The Kier molecular flexibility index (Phi) is 6.64. The SMILES string of the molecule is FC(F)(F)Oc1ccc(SCCCCN2CC=CCC2)cc1. The van der Waals surface area contributed by atoms with Crippen molar-refractivity contribution in [3.63, 3.8) is 0 Å². The molecule has 22 heavy (non-hydrogen) atoms. The largest absolute Gasteiger partial charge is 0.573 e. The quantitative estimate of drug-likeness (QED) is 0.407. The van der Waals surface area contributed by atoms with Gasteiger partial charge in [0.1, 0.15) is 5.75 Å². The van der Waals surface area contributed by atoms with Crippen LogP contribution in [-0.2, 0) is 0 Å². The first-order valence-corrected chi connectivity index (χ1v) is 8.37. The smallest absolute Gasteiger partial charge is 0.406 e. The highest BCUT2D eigenvalue weighted by Gasteiger charge is 2.30. The molecule has 1 aliphatic heterocycles. The van der Waals surface area contributed by atoms with Gasteiger partial charge in [0, 0.05) is 18.0 Å². The van der Waals surface area contributed by atoms with Crippen molar-refractivity contribution in [3.05, 3.63) is 36.4 Å². The molecule has 0 saturated carbocycles. The Balaban J connectivity index is 1.61. The van der Waals surface area contributed by atoms with Gasteiger partial charge in [-0.05, 0) is 55.8 Å². The fourth-order valence-electron chi connectivity index (χ4n) is 2.26. The molecule has 1 aliphatic rings. The number of hydrogen-bond acceptors (Lipinski definition) is 3. The summed E-state index contributed by atoms with van der Waals surface area (Å²) in [6, 6.07) is 6.05. The number of nitrogens with zero attached hydrogens (tertiary/aromatic N) is 1. The predicted octanol–water partition coefficient (Wildman–Crippen LogP) is 4.72. The molecule has 122 valence electrons. The number of alkyl halides is 3. The Hall–Kier alpha value is -1.14. The van der Waals surface area contributed by atoms with Crippen LogP contribution in [0.4, 0.5) is 13.2 Å². The third-order valence-corrected chi connectivity index (χ3v) is 4.44. The number of hydrogen-bond donors (Lipinski definition) is 0. The Labute approximate surface area is 133 Å². The summed E-state index contributed by atoms with van der Waals surface area (Å²) in [5.41, 5.74) is 0. The summed E-state index contributed by atoms with van der Waals surface area (Å²) in [6.45, 7) is 3.31. The van der Waals surface area contributed by atoms with Crippen LogP contribution in [0.2, 0.25) is 0 Å². The van der Waals surface area contributed by atoms with E-state index in [0.717, 1.165) is 49.5 Å². The van der Waals surface area contributed by atoms with Crippen molar-refractivity contribution in [1.82, 2.24) is 4.90 Å². The molecule has 0 saturated heterocycles. The predicted molar refractivity (Wildman–Crippen MR) is 83.3 cm³/mol. The molecule has 0 bridgehead atoms. The van der Waals surface area contributed by atoms with Crippen LogP contribution in [0.1, 0.15) is 19.3 Å². The molecule has 2 rings (SSSR count). The van der Waals surface area contributed by atoms with E-state index in [1.165, 1.54) is 12.1 Å². The highest BCUT2D eigenvalue weighted by Crippen LogP contribution is 2.26. The normalized spacial score (nSPS) is 16.0. The molecule has 2 nitrogen and oxygen atoms in total. The molecule has 0 atom stereocenters. The van der Waals surface area contributed by atoms with Crippen LogP contribution in [0.25, 0.3) is 0 Å². The van der Waals surface area contributed by atoms with E-state index in [1.807, 2.05) is 0 Å². The summed E-state index contributed by atoms with van der Waals surface area (Å²) in [5.74, 6) is 0.804. The lowest BCUT2D eigenvalue weighted by Gasteiger charge is -2.22. The van der Waals surface area contributed by atoms with Crippen LogP contribution < -0.4 is 4.74 Å². The summed E-state index contributed by atoms with van der Waals surface area (Å²) < 4.78 is 40.0. The second kappa shape index (κ2) is 8.48. The molecule has 0 radical (unpaired) electrons. The number of benzene rings is 1. The standard InChI is InChI=1S/C16H20F3NOS/c17-16(18,19)21-14-6-8-15(9-7-14)22-13-5-4-12-20-10-2-1-3-11-20/h1-2,6-9H,3-5,10-13H2. The van der Waals surface area contributed by atoms with E-state index in [9.17, 15) is 13.2 Å². The van der Waals surface area contributed by atoms with E-state index >= 15 is 0 Å². The van der Waals surface area contributed by atoms with Gasteiger partial charge in [-0.2, -0.15) is 0 Å². The van der Waals surface area contributed by atoms with Crippen molar-refractivity contribution in [3.8, 4) is 5.75 Å². The molecule has 0 aromatic heterocycles. The lowest BCUT2D eigenvalue weighted by Crippen LogP contribution is -2.28. The van der Waals surface area contributed by atoms with Crippen LogP contribution >= 0.6 is 11.8 Å². The van der Waals surface area contributed by atoms with Gasteiger partial charge < -0.3 is 4.74 Å². The van der Waals surface area contributed by atoms with E-state index < -0.39 is 6.36 Å². The second-order valence-corrected chi connectivity index (χ2v) is 6.30. The molecule has 0 spiro atoms. The van der Waals surface area contributed by atoms with Crippen LogP contribution in [0.3, 0.4) is 0 Å². The maximum Gasteiger partial charge on any atom is 0.573 e. The van der Waals surface area contributed by atoms with Gasteiger partial charge in [0.15, 0.2) is 0 Å². The maximum atomic E-state index is 12.0. The fourth-order valence-corrected chi connectivity index (χ4v) is 3.17. The van der Waals surface area contributed by atoms with Crippen molar-refractivity contribution in [1.29, 1.82) is 0 Å². The molecule has 0 N–H and O–H groups in total. The van der Waals surface area contributed by atoms with Gasteiger partial charge in [-0.1, -0.05) is 12.2 Å². The lowest BCUT2D eigenvalue weighted by atomic mass is 10.2. The zero-order valence-electron chi connectivity index (χ0n) is 12.3. The molecular weight excluding hydrogens is 311 g/mol. The molecule has 1 aromatic carbocycles. The summed E-state index contributed by atoms with van der Waals surface area (Å²) >= 11 is 1.66. The van der Waals surface area contributed by atoms with E-state index in [-0.39, 0.29) is 5.75 Å². The minimum Gasteiger partial charge on any atom is -0.406 e. The monoisotopic (exact) mass is 331 g/mol. The first-order chi connectivity index (χ1) is 10.5. The van der Waals surface area contributed by atoms with Crippen molar-refractivity contribution in [2.75, 3.05) is 25.4 Å². The first-order valence-electron chi connectivity index (χ1n) is 7.39. The van der Waals surface area contributed by atoms with Gasteiger partial charge >= 0.3 is 6.36 Å². The highest BCUT2D eigenvalue weighted by molar-refractivity contribution is 7.99. The molecule has 0 aliphatic carbocycles. The van der Waals surface area contributed by atoms with Crippen LogP contribution in [-0.4, -0.2) is 36.6 Å². The summed E-state index contributed by atoms with van der Waals surface area (Å²) in [7, 11) is 0. The Morgan fingerprint density at radius 3 is 2.50 bits per heavy atom. The van der Waals surface area contributed by atoms with Crippen LogP contribution in [0.15, 0.2) is 41.3 Å². The summed E-state index contributed by atoms with van der Waals surface area (Å²) in [6.07, 6.45) is 3.20. The fraction of sp³-hybridized carbons (Fsp3) is 0.500. The number of unbranched alkanes of at least 4 members (excludes halogenated alkanes) is 1. The molecule has 0 unspecified atom stereocenters. The number of rotatable bonds is 7. The van der Waals surface area contributed by atoms with E-state index in [4.69, 9.17) is 0 Å². The minimum atomic E-state index is -4.63. The summed E-state index contributed by atoms with van der Waals surface area (Å²) in [5, 5.41) is 0. The number of ether oxygens (including phenoxy) is 1. The summed E-state index contributed by atoms with van der Waals surface area (Å²) in [4.78, 5) is 3.41. The van der Waals surface area contributed by atoms with Gasteiger partial charge in [0.05, 0.1) is 0 Å². The first kappa shape index (κ1) is 17.2. The van der Waals surface area contributed by atoms with E-state index in [2.05, 4.69) is 21.8 Å². The second-order valence-electron chi connectivity index (χ2n) is 5.14. The van der Waals surface area contributed by atoms with Crippen molar-refractivity contribution in [2.24, 2.45) is 0 Å². The van der Waals surface area contributed by atoms with Gasteiger partial charge in [0.2, 0.25) is 0 Å². The van der Waals surface area contributed by atoms with Gasteiger partial charge in [0.25, 0.3) is 0 Å². The zero-order valence-corrected chi connectivity index (χ0v) is 13.1. The Bertz CT molecular complexity index is 473. The average Bonchev–Trinajstić information content (AvgIpc) is 2.48. The van der Waals surface area contributed by atoms with Crippen LogP contribution in [0.5, 0.6) is 5.75 Å². The number of halogens is 3. The molecule has 0 fully saturated rings. The van der Waals surface area contributed by atoms with Gasteiger partial charge in [-0.25, -0.2) is 0 Å². The third-order valence-electron chi connectivity index (χ3n) is 3.34. The Morgan fingerprint density at radius 1 is 1.09 bits per heavy atom. The Morgan fingerprint density at radius 2 is 1.86 bits per heavy atom. The van der Waals surface area contributed by atoms with Gasteiger partial charge in [-0.3, -0.25) is 4.90 Å². The minimum absolute atomic E-state index is 0.171. The van der Waals surface area contributed by atoms with Crippen molar-refractivity contribution < 1.29 is 17.9 Å². The highest BCUT2D eigenvalue weighted by atomic mass is 32.2. The third kappa shape index (κ3) is 6.75. The molecule has 1 heterocycles. The molecule has 1 aromatic rings. The lowest BCUT2D eigenvalue weighted by molar-refractivity contribution is -0.274. The van der Waals surface area contributed by atoms with E-state index in [0.29, 0.717) is 0 Å². The molecule has 6 heteroatoms. The van der Waals surface area contributed by atoms with Crippen molar-refractivity contribution in [2.45, 2.75) is 30.5 Å². The van der Waals surface area contributed by atoms with Crippen LogP contribution in [0, 0.1) is 0 Å². The van der Waals surface area contributed by atoms with E-state index in [1.54, 1.807) is 23.9 Å². The molecular formula is C16H20F3NOS. The van der Waals surface area contributed by atoms with Gasteiger partial charge in [-0.15, -0.1) is 24.9 Å². The maximum absolute atomic E-state index is 12.0. The van der Waals surface area contributed by atoms with Crippen molar-refractivity contribution >= 4 is 11.8 Å². The average molecular weight is 331 g/mol.